The first-order chi connectivity index (χ1) is 9.09. The molecule has 0 spiro atoms. The molecule has 0 aliphatic carbocycles. The molecule has 0 amide bonds. The first-order valence-corrected chi connectivity index (χ1v) is 7.24. The minimum atomic E-state index is -0.560. The molecule has 0 aromatic rings. The molecule has 0 saturated heterocycles. The normalized spacial score (nSPS) is 15.4. The van der Waals surface area contributed by atoms with Gasteiger partial charge < -0.3 is 4.74 Å². The fourth-order valence-corrected chi connectivity index (χ4v) is 2.04. The summed E-state index contributed by atoms with van der Waals surface area (Å²) in [6, 6.07) is 0. The number of ether oxygens (including phenoxy) is 1. The van der Waals surface area contributed by atoms with Crippen molar-refractivity contribution in [2.75, 3.05) is 0 Å². The number of carbonyl (C=O) groups excluding carboxylic acids is 2. The summed E-state index contributed by atoms with van der Waals surface area (Å²) < 4.78 is 4.39. The van der Waals surface area contributed by atoms with E-state index in [1.807, 2.05) is 6.08 Å². The molecular formula is C16H24O3. The number of allylic oxidation sites excluding steroid dienone is 1. The molecule has 19 heavy (non-hydrogen) atoms. The average molecular weight is 264 g/mol. The zero-order chi connectivity index (χ0) is 14.1. The Hall–Kier alpha value is -1.38. The van der Waals surface area contributed by atoms with Crippen LogP contribution in [0.5, 0.6) is 0 Å². The minimum Gasteiger partial charge on any atom is -0.386 e. The van der Waals surface area contributed by atoms with Gasteiger partial charge in [0.15, 0.2) is 0 Å². The molecule has 0 aromatic carbocycles. The van der Waals surface area contributed by atoms with Crippen molar-refractivity contribution < 1.29 is 14.3 Å². The predicted molar refractivity (Wildman–Crippen MR) is 75.5 cm³/mol. The second kappa shape index (κ2) is 8.68. The highest BCUT2D eigenvalue weighted by molar-refractivity contribution is 6.10. The van der Waals surface area contributed by atoms with Gasteiger partial charge in [-0.05, 0) is 18.8 Å². The van der Waals surface area contributed by atoms with Crippen molar-refractivity contribution in [3.63, 3.8) is 0 Å². The van der Waals surface area contributed by atoms with Crippen LogP contribution in [0, 0.1) is 5.92 Å². The van der Waals surface area contributed by atoms with E-state index in [4.69, 9.17) is 0 Å². The fourth-order valence-electron chi connectivity index (χ4n) is 2.04. The van der Waals surface area contributed by atoms with Gasteiger partial charge in [-0.25, -0.2) is 9.59 Å². The van der Waals surface area contributed by atoms with Crippen molar-refractivity contribution in [3.8, 4) is 0 Å². The first kappa shape index (κ1) is 15.7. The minimum absolute atomic E-state index is 0.363. The zero-order valence-corrected chi connectivity index (χ0v) is 12.0. The van der Waals surface area contributed by atoms with Gasteiger partial charge in [-0.1, -0.05) is 58.1 Å². The summed E-state index contributed by atoms with van der Waals surface area (Å²) in [6.45, 7) is 4.52. The Balaban J connectivity index is 2.00. The van der Waals surface area contributed by atoms with Crippen LogP contribution in [-0.2, 0) is 14.3 Å². The third-order valence-corrected chi connectivity index (χ3v) is 3.15. The monoisotopic (exact) mass is 264 g/mol. The van der Waals surface area contributed by atoms with Crippen LogP contribution in [0.2, 0.25) is 0 Å². The van der Waals surface area contributed by atoms with E-state index in [1.165, 1.54) is 38.2 Å². The van der Waals surface area contributed by atoms with Crippen LogP contribution in [0.1, 0.15) is 58.8 Å². The molecule has 0 N–H and O–H groups in total. The van der Waals surface area contributed by atoms with Crippen molar-refractivity contribution in [2.24, 2.45) is 5.92 Å². The SMILES string of the molecule is CC(C)CCCCCCC/C=C/C1=CC(=O)OC1=O. The van der Waals surface area contributed by atoms with Gasteiger partial charge in [-0.3, -0.25) is 0 Å². The molecule has 3 nitrogen and oxygen atoms in total. The number of cyclic esters (lactones) is 2. The van der Waals surface area contributed by atoms with Gasteiger partial charge in [0.2, 0.25) is 0 Å². The fraction of sp³-hybridized carbons (Fsp3) is 0.625. The largest absolute Gasteiger partial charge is 0.386 e. The van der Waals surface area contributed by atoms with Crippen molar-refractivity contribution in [1.29, 1.82) is 0 Å². The summed E-state index contributed by atoms with van der Waals surface area (Å²) in [7, 11) is 0. The maximum atomic E-state index is 11.1. The molecular weight excluding hydrogens is 240 g/mol. The van der Waals surface area contributed by atoms with Crippen LogP contribution in [0.25, 0.3) is 0 Å². The van der Waals surface area contributed by atoms with E-state index >= 15 is 0 Å². The molecule has 3 heteroatoms. The molecule has 1 aliphatic heterocycles. The van der Waals surface area contributed by atoms with Gasteiger partial charge in [0, 0.05) is 6.08 Å². The predicted octanol–water partition coefficient (Wildman–Crippen LogP) is 3.94. The van der Waals surface area contributed by atoms with Crippen molar-refractivity contribution in [2.45, 2.75) is 58.8 Å². The molecule has 0 bridgehead atoms. The van der Waals surface area contributed by atoms with E-state index in [2.05, 4.69) is 18.6 Å². The third kappa shape index (κ3) is 6.94. The molecule has 0 saturated carbocycles. The summed E-state index contributed by atoms with van der Waals surface area (Å²) in [5.41, 5.74) is 0.363. The van der Waals surface area contributed by atoms with E-state index < -0.39 is 11.9 Å². The Bertz CT molecular complexity index is 364. The maximum Gasteiger partial charge on any atom is 0.346 e. The van der Waals surface area contributed by atoms with Crippen molar-refractivity contribution in [1.82, 2.24) is 0 Å². The van der Waals surface area contributed by atoms with Crippen LogP contribution in [0.15, 0.2) is 23.8 Å². The second-order valence-corrected chi connectivity index (χ2v) is 5.45. The number of esters is 2. The lowest BCUT2D eigenvalue weighted by Gasteiger charge is -2.03. The summed E-state index contributed by atoms with van der Waals surface area (Å²) in [6.07, 6.45) is 13.4. The second-order valence-electron chi connectivity index (χ2n) is 5.45. The van der Waals surface area contributed by atoms with Crippen LogP contribution in [0.3, 0.4) is 0 Å². The van der Waals surface area contributed by atoms with E-state index in [-0.39, 0.29) is 0 Å². The molecule has 0 unspecified atom stereocenters. The summed E-state index contributed by atoms with van der Waals surface area (Å²) in [5, 5.41) is 0. The van der Waals surface area contributed by atoms with Gasteiger partial charge in [0.05, 0.1) is 5.57 Å². The Kier molecular flexibility index (Phi) is 7.16. The average Bonchev–Trinajstić information content (AvgIpc) is 2.65. The lowest BCUT2D eigenvalue weighted by Crippen LogP contribution is -2.00. The quantitative estimate of drug-likeness (QED) is 0.360. The maximum absolute atomic E-state index is 11.1. The molecule has 0 atom stereocenters. The van der Waals surface area contributed by atoms with Gasteiger partial charge >= 0.3 is 11.9 Å². The molecule has 0 fully saturated rings. The summed E-state index contributed by atoms with van der Waals surface area (Å²) in [5.74, 6) is -0.283. The smallest absolute Gasteiger partial charge is 0.346 e. The van der Waals surface area contributed by atoms with E-state index in [0.717, 1.165) is 18.8 Å². The molecule has 1 rings (SSSR count). The van der Waals surface area contributed by atoms with Gasteiger partial charge in [-0.2, -0.15) is 0 Å². The van der Waals surface area contributed by atoms with Crippen LogP contribution in [-0.4, -0.2) is 11.9 Å². The highest BCUT2D eigenvalue weighted by atomic mass is 16.6. The number of hydrogen-bond acceptors (Lipinski definition) is 3. The number of unbranched alkanes of at least 4 members (excludes halogenated alkanes) is 5. The molecule has 106 valence electrons. The number of hydrogen-bond donors (Lipinski definition) is 0. The topological polar surface area (TPSA) is 43.4 Å². The van der Waals surface area contributed by atoms with Crippen molar-refractivity contribution in [3.05, 3.63) is 23.8 Å². The summed E-state index contributed by atoms with van der Waals surface area (Å²) in [4.78, 5) is 21.9. The molecule has 0 radical (unpaired) electrons. The van der Waals surface area contributed by atoms with E-state index in [9.17, 15) is 9.59 Å². The highest BCUT2D eigenvalue weighted by Crippen LogP contribution is 2.13. The van der Waals surface area contributed by atoms with Gasteiger partial charge in [-0.15, -0.1) is 0 Å². The Morgan fingerprint density at radius 3 is 2.42 bits per heavy atom. The molecule has 1 aliphatic rings. The van der Waals surface area contributed by atoms with Gasteiger partial charge in [0.25, 0.3) is 0 Å². The van der Waals surface area contributed by atoms with E-state index in [1.54, 1.807) is 6.08 Å². The lowest BCUT2D eigenvalue weighted by molar-refractivity contribution is -0.150. The lowest BCUT2D eigenvalue weighted by atomic mass is 10.0. The Labute approximate surface area is 115 Å². The van der Waals surface area contributed by atoms with Crippen LogP contribution in [0.4, 0.5) is 0 Å². The standard InChI is InChI=1S/C16H24O3/c1-13(2)10-8-6-4-3-5-7-9-11-14-12-15(17)19-16(14)18/h9,11-13H,3-8,10H2,1-2H3/b11-9+. The third-order valence-electron chi connectivity index (χ3n) is 3.15. The van der Waals surface area contributed by atoms with Gasteiger partial charge in [0.1, 0.15) is 0 Å². The number of carbonyl (C=O) groups is 2. The number of rotatable bonds is 9. The van der Waals surface area contributed by atoms with Crippen molar-refractivity contribution >= 4 is 11.9 Å². The van der Waals surface area contributed by atoms with Crippen LogP contribution < -0.4 is 0 Å². The summed E-state index contributed by atoms with van der Waals surface area (Å²) >= 11 is 0. The van der Waals surface area contributed by atoms with Crippen LogP contribution >= 0.6 is 0 Å². The first-order valence-electron chi connectivity index (χ1n) is 7.24. The Morgan fingerprint density at radius 1 is 1.11 bits per heavy atom. The van der Waals surface area contributed by atoms with E-state index in [0.29, 0.717) is 5.57 Å². The molecule has 1 heterocycles. The highest BCUT2D eigenvalue weighted by Gasteiger charge is 2.20. The Morgan fingerprint density at radius 2 is 1.79 bits per heavy atom. The zero-order valence-electron chi connectivity index (χ0n) is 12.0. The molecule has 0 aromatic heterocycles.